The van der Waals surface area contributed by atoms with Crippen molar-refractivity contribution in [3.05, 3.63) is 108 Å². The molecule has 0 radical (unpaired) electrons. The van der Waals surface area contributed by atoms with E-state index in [9.17, 15) is 4.79 Å². The largest absolute Gasteiger partial charge is 0.369 e. The monoisotopic (exact) mass is 315 g/mol. The molecular weight excluding hydrogens is 294 g/mol. The third-order valence-corrected chi connectivity index (χ3v) is 4.39. The quantitative estimate of drug-likeness (QED) is 0.725. The fourth-order valence-electron chi connectivity index (χ4n) is 3.25. The van der Waals surface area contributed by atoms with Gasteiger partial charge in [-0.1, -0.05) is 91.0 Å². The van der Waals surface area contributed by atoms with E-state index in [2.05, 4.69) is 24.3 Å². The SMILES string of the molecule is NC(=O)C(c1ccccc1)C(Cc1ccccc1)c1ccccc1. The Morgan fingerprint density at radius 3 is 1.67 bits per heavy atom. The average Bonchev–Trinajstić information content (AvgIpc) is 2.63. The van der Waals surface area contributed by atoms with Gasteiger partial charge in [-0.25, -0.2) is 0 Å². The van der Waals surface area contributed by atoms with E-state index in [4.69, 9.17) is 5.73 Å². The zero-order valence-corrected chi connectivity index (χ0v) is 13.5. The van der Waals surface area contributed by atoms with Gasteiger partial charge in [-0.05, 0) is 23.1 Å². The maximum absolute atomic E-state index is 12.3. The van der Waals surface area contributed by atoms with Crippen LogP contribution in [-0.4, -0.2) is 5.91 Å². The van der Waals surface area contributed by atoms with E-state index in [-0.39, 0.29) is 17.7 Å². The lowest BCUT2D eigenvalue weighted by molar-refractivity contribution is -0.120. The molecule has 3 aromatic rings. The second-order valence-corrected chi connectivity index (χ2v) is 6.00. The van der Waals surface area contributed by atoms with Crippen LogP contribution in [-0.2, 0) is 11.2 Å². The third kappa shape index (κ3) is 3.72. The minimum atomic E-state index is -0.353. The highest BCUT2D eigenvalue weighted by Gasteiger charge is 2.29. The Morgan fingerprint density at radius 1 is 0.708 bits per heavy atom. The molecule has 2 N–H and O–H groups in total. The molecule has 0 saturated heterocycles. The van der Waals surface area contributed by atoms with E-state index in [0.717, 1.165) is 17.5 Å². The van der Waals surface area contributed by atoms with Gasteiger partial charge in [-0.3, -0.25) is 4.79 Å². The molecule has 0 aliphatic rings. The number of amides is 1. The summed E-state index contributed by atoms with van der Waals surface area (Å²) in [6.07, 6.45) is 0.771. The first kappa shape index (κ1) is 16.0. The van der Waals surface area contributed by atoms with Gasteiger partial charge in [0.05, 0.1) is 5.92 Å². The maximum Gasteiger partial charge on any atom is 0.225 e. The van der Waals surface area contributed by atoms with Gasteiger partial charge >= 0.3 is 0 Å². The van der Waals surface area contributed by atoms with E-state index < -0.39 is 0 Å². The molecule has 2 atom stereocenters. The number of nitrogens with two attached hydrogens (primary N) is 1. The number of benzene rings is 3. The molecule has 24 heavy (non-hydrogen) atoms. The second kappa shape index (κ2) is 7.60. The Labute approximate surface area is 143 Å². The second-order valence-electron chi connectivity index (χ2n) is 6.00. The highest BCUT2D eigenvalue weighted by Crippen LogP contribution is 2.35. The van der Waals surface area contributed by atoms with Gasteiger partial charge in [0.1, 0.15) is 0 Å². The lowest BCUT2D eigenvalue weighted by atomic mass is 9.77. The van der Waals surface area contributed by atoms with Crippen LogP contribution in [0, 0.1) is 0 Å². The van der Waals surface area contributed by atoms with Gasteiger partial charge in [0.2, 0.25) is 5.91 Å². The first-order chi connectivity index (χ1) is 11.8. The summed E-state index contributed by atoms with van der Waals surface area (Å²) in [5, 5.41) is 0. The predicted molar refractivity (Wildman–Crippen MR) is 97.7 cm³/mol. The Balaban J connectivity index is 2.03. The minimum absolute atomic E-state index is 0.00787. The number of carbonyl (C=O) groups excluding carboxylic acids is 1. The molecule has 2 heteroatoms. The molecule has 0 bridgehead atoms. The molecule has 0 spiro atoms. The summed E-state index contributed by atoms with van der Waals surface area (Å²) in [5.41, 5.74) is 9.12. The highest BCUT2D eigenvalue weighted by molar-refractivity contribution is 5.83. The Morgan fingerprint density at radius 2 is 1.17 bits per heavy atom. The van der Waals surface area contributed by atoms with Crippen LogP contribution < -0.4 is 5.73 Å². The van der Waals surface area contributed by atoms with Crippen LogP contribution in [0.2, 0.25) is 0 Å². The van der Waals surface area contributed by atoms with E-state index in [1.807, 2.05) is 66.7 Å². The Hall–Kier alpha value is -2.87. The third-order valence-electron chi connectivity index (χ3n) is 4.39. The van der Waals surface area contributed by atoms with Crippen molar-refractivity contribution in [3.8, 4) is 0 Å². The van der Waals surface area contributed by atoms with Gasteiger partial charge in [0.15, 0.2) is 0 Å². The molecule has 2 nitrogen and oxygen atoms in total. The number of rotatable bonds is 6. The van der Waals surface area contributed by atoms with Crippen LogP contribution in [0.1, 0.15) is 28.5 Å². The van der Waals surface area contributed by atoms with Crippen LogP contribution >= 0.6 is 0 Å². The first-order valence-electron chi connectivity index (χ1n) is 8.19. The molecule has 0 heterocycles. The summed E-state index contributed by atoms with van der Waals surface area (Å²) >= 11 is 0. The molecule has 3 rings (SSSR count). The van der Waals surface area contributed by atoms with Crippen molar-refractivity contribution < 1.29 is 4.79 Å². The Kier molecular flexibility index (Phi) is 5.07. The molecule has 120 valence electrons. The maximum atomic E-state index is 12.3. The average molecular weight is 315 g/mol. The summed E-state index contributed by atoms with van der Waals surface area (Å²) in [7, 11) is 0. The first-order valence-corrected chi connectivity index (χ1v) is 8.19. The number of primary amides is 1. The highest BCUT2D eigenvalue weighted by atomic mass is 16.1. The standard InChI is InChI=1S/C22H21NO/c23-22(24)21(19-14-8-3-9-15-19)20(18-12-6-2-7-13-18)16-17-10-4-1-5-11-17/h1-15,20-21H,16H2,(H2,23,24). The normalized spacial score (nSPS) is 13.2. The molecular formula is C22H21NO. The lowest BCUT2D eigenvalue weighted by Gasteiger charge is -2.26. The van der Waals surface area contributed by atoms with E-state index in [0.29, 0.717) is 0 Å². The van der Waals surface area contributed by atoms with Crippen molar-refractivity contribution in [2.75, 3.05) is 0 Å². The van der Waals surface area contributed by atoms with Crippen LogP contribution in [0.4, 0.5) is 0 Å². The molecule has 0 aromatic heterocycles. The zero-order valence-electron chi connectivity index (χ0n) is 13.5. The van der Waals surface area contributed by atoms with Crippen LogP contribution in [0.25, 0.3) is 0 Å². The van der Waals surface area contributed by atoms with Gasteiger partial charge < -0.3 is 5.73 Å². The number of carbonyl (C=O) groups is 1. The van der Waals surface area contributed by atoms with E-state index in [1.54, 1.807) is 0 Å². The van der Waals surface area contributed by atoms with Gasteiger partial charge in [0.25, 0.3) is 0 Å². The number of hydrogen-bond acceptors (Lipinski definition) is 1. The molecule has 0 saturated carbocycles. The molecule has 1 amide bonds. The van der Waals surface area contributed by atoms with Crippen molar-refractivity contribution in [2.45, 2.75) is 18.3 Å². The predicted octanol–water partition coefficient (Wildman–Crippen LogP) is 4.28. The van der Waals surface area contributed by atoms with Crippen LogP contribution in [0.5, 0.6) is 0 Å². The van der Waals surface area contributed by atoms with Crippen molar-refractivity contribution in [2.24, 2.45) is 5.73 Å². The van der Waals surface area contributed by atoms with Gasteiger partial charge in [-0.2, -0.15) is 0 Å². The minimum Gasteiger partial charge on any atom is -0.369 e. The summed E-state index contributed by atoms with van der Waals surface area (Å²) in [6.45, 7) is 0. The van der Waals surface area contributed by atoms with Crippen LogP contribution in [0.15, 0.2) is 91.0 Å². The van der Waals surface area contributed by atoms with Crippen molar-refractivity contribution in [1.29, 1.82) is 0 Å². The van der Waals surface area contributed by atoms with Gasteiger partial charge in [0, 0.05) is 5.92 Å². The molecule has 2 unspecified atom stereocenters. The van der Waals surface area contributed by atoms with Gasteiger partial charge in [-0.15, -0.1) is 0 Å². The fraction of sp³-hybridized carbons (Fsp3) is 0.136. The van der Waals surface area contributed by atoms with Crippen LogP contribution in [0.3, 0.4) is 0 Å². The van der Waals surface area contributed by atoms with Crippen molar-refractivity contribution in [1.82, 2.24) is 0 Å². The molecule has 0 aliphatic heterocycles. The summed E-state index contributed by atoms with van der Waals surface area (Å²) < 4.78 is 0. The molecule has 0 aliphatic carbocycles. The van der Waals surface area contributed by atoms with E-state index in [1.165, 1.54) is 5.56 Å². The smallest absolute Gasteiger partial charge is 0.225 e. The van der Waals surface area contributed by atoms with Crippen molar-refractivity contribution in [3.63, 3.8) is 0 Å². The summed E-state index contributed by atoms with van der Waals surface area (Å²) in [6, 6.07) is 30.2. The van der Waals surface area contributed by atoms with E-state index >= 15 is 0 Å². The topological polar surface area (TPSA) is 43.1 Å². The van der Waals surface area contributed by atoms with Crippen molar-refractivity contribution >= 4 is 5.91 Å². The molecule has 0 fully saturated rings. The summed E-state index contributed by atoms with van der Waals surface area (Å²) in [5.74, 6) is -0.631. The number of hydrogen-bond donors (Lipinski definition) is 1. The Bertz CT molecular complexity index is 769. The lowest BCUT2D eigenvalue weighted by Crippen LogP contribution is -2.28. The fourth-order valence-corrected chi connectivity index (χ4v) is 3.25. The summed E-state index contributed by atoms with van der Waals surface area (Å²) in [4.78, 5) is 12.3. The molecule has 3 aromatic carbocycles. The zero-order chi connectivity index (χ0) is 16.8.